The van der Waals surface area contributed by atoms with E-state index in [0.29, 0.717) is 11.4 Å². The van der Waals surface area contributed by atoms with Crippen LogP contribution in [-0.4, -0.2) is 20.3 Å². The predicted octanol–water partition coefficient (Wildman–Crippen LogP) is 1.85. The number of aromatic nitrogens is 3. The molecule has 0 fully saturated rings. The molecule has 0 unspecified atom stereocenters. The van der Waals surface area contributed by atoms with Crippen LogP contribution in [0.4, 0.5) is 5.69 Å². The lowest BCUT2D eigenvalue weighted by Crippen LogP contribution is -2.10. The highest BCUT2D eigenvalue weighted by Crippen LogP contribution is 2.19. The van der Waals surface area contributed by atoms with Crippen molar-refractivity contribution in [3.63, 3.8) is 0 Å². The molecule has 6 heteroatoms. The van der Waals surface area contributed by atoms with E-state index in [-0.39, 0.29) is 6.61 Å². The Balaban J connectivity index is 1.81. The molecule has 0 saturated heterocycles. The highest BCUT2D eigenvalue weighted by molar-refractivity contribution is 5.89. The standard InChI is InChI=1S/C15H16N4O2/c1-18-8-10(16)7-14(18)15(20)21-9-12-11-5-3-4-6-13(11)19(2)17-12/h3-8H,9,16H2,1-2H3. The van der Waals surface area contributed by atoms with E-state index in [2.05, 4.69) is 5.10 Å². The molecule has 0 aliphatic rings. The first-order valence-corrected chi connectivity index (χ1v) is 6.56. The quantitative estimate of drug-likeness (QED) is 0.745. The maximum Gasteiger partial charge on any atom is 0.355 e. The largest absolute Gasteiger partial charge is 0.454 e. The second-order valence-electron chi connectivity index (χ2n) is 4.93. The first-order valence-electron chi connectivity index (χ1n) is 6.56. The number of carbonyl (C=O) groups excluding carboxylic acids is 1. The molecule has 0 bridgehead atoms. The number of carbonyl (C=O) groups is 1. The van der Waals surface area contributed by atoms with E-state index < -0.39 is 5.97 Å². The topological polar surface area (TPSA) is 75.1 Å². The monoisotopic (exact) mass is 284 g/mol. The number of ether oxygens (including phenoxy) is 1. The third-order valence-corrected chi connectivity index (χ3v) is 3.41. The molecular weight excluding hydrogens is 268 g/mol. The van der Waals surface area contributed by atoms with E-state index in [1.807, 2.05) is 31.3 Å². The fourth-order valence-corrected chi connectivity index (χ4v) is 2.40. The third kappa shape index (κ3) is 2.35. The van der Waals surface area contributed by atoms with Crippen LogP contribution in [0.2, 0.25) is 0 Å². The molecule has 0 radical (unpaired) electrons. The molecule has 2 aromatic heterocycles. The van der Waals surface area contributed by atoms with Crippen molar-refractivity contribution < 1.29 is 9.53 Å². The Bertz CT molecular complexity index is 816. The molecule has 6 nitrogen and oxygen atoms in total. The molecule has 0 aliphatic heterocycles. The maximum absolute atomic E-state index is 12.1. The molecule has 0 amide bonds. The van der Waals surface area contributed by atoms with Gasteiger partial charge in [-0.25, -0.2) is 4.79 Å². The zero-order valence-corrected chi connectivity index (χ0v) is 11.9. The zero-order chi connectivity index (χ0) is 15.0. The summed E-state index contributed by atoms with van der Waals surface area (Å²) >= 11 is 0. The number of para-hydroxylation sites is 1. The summed E-state index contributed by atoms with van der Waals surface area (Å²) in [6.07, 6.45) is 1.67. The van der Waals surface area contributed by atoms with Crippen LogP contribution in [-0.2, 0) is 25.4 Å². The number of nitrogens with two attached hydrogens (primary N) is 1. The molecule has 3 rings (SSSR count). The molecule has 0 atom stereocenters. The normalized spacial score (nSPS) is 11.0. The van der Waals surface area contributed by atoms with E-state index in [9.17, 15) is 4.79 Å². The highest BCUT2D eigenvalue weighted by Gasteiger charge is 2.15. The van der Waals surface area contributed by atoms with E-state index >= 15 is 0 Å². The molecule has 0 saturated carbocycles. The Labute approximate surface area is 121 Å². The van der Waals surface area contributed by atoms with Crippen LogP contribution in [0.15, 0.2) is 36.5 Å². The number of benzene rings is 1. The van der Waals surface area contributed by atoms with Gasteiger partial charge in [0.15, 0.2) is 0 Å². The first-order chi connectivity index (χ1) is 10.1. The van der Waals surface area contributed by atoms with Crippen molar-refractivity contribution in [3.05, 3.63) is 47.9 Å². The molecule has 0 spiro atoms. The molecule has 3 aromatic rings. The SMILES string of the molecule is Cn1cc(N)cc1C(=O)OCc1nn(C)c2ccccc12. The lowest BCUT2D eigenvalue weighted by atomic mass is 10.2. The Morgan fingerprint density at radius 2 is 2.10 bits per heavy atom. The van der Waals surface area contributed by atoms with Crippen LogP contribution < -0.4 is 5.73 Å². The summed E-state index contributed by atoms with van der Waals surface area (Å²) in [4.78, 5) is 12.1. The molecule has 2 heterocycles. The van der Waals surface area contributed by atoms with Crippen molar-refractivity contribution in [1.82, 2.24) is 14.3 Å². The van der Waals surface area contributed by atoms with Crippen molar-refractivity contribution in [2.75, 3.05) is 5.73 Å². The maximum atomic E-state index is 12.1. The Kier molecular flexibility index (Phi) is 3.13. The van der Waals surface area contributed by atoms with Crippen molar-refractivity contribution >= 4 is 22.6 Å². The predicted molar refractivity (Wildman–Crippen MR) is 79.7 cm³/mol. The Morgan fingerprint density at radius 3 is 2.81 bits per heavy atom. The number of nitrogen functional groups attached to an aromatic ring is 1. The molecular formula is C15H16N4O2. The number of fused-ring (bicyclic) bond motifs is 1. The van der Waals surface area contributed by atoms with Crippen LogP contribution in [0, 0.1) is 0 Å². The number of nitrogens with zero attached hydrogens (tertiary/aromatic N) is 3. The second kappa shape index (κ2) is 4.97. The van der Waals surface area contributed by atoms with E-state index in [0.717, 1.165) is 16.6 Å². The number of esters is 1. The average molecular weight is 284 g/mol. The van der Waals surface area contributed by atoms with Crippen LogP contribution in [0.25, 0.3) is 10.9 Å². The van der Waals surface area contributed by atoms with E-state index in [1.54, 1.807) is 28.6 Å². The van der Waals surface area contributed by atoms with Gasteiger partial charge in [0.05, 0.1) is 11.2 Å². The van der Waals surface area contributed by atoms with Crippen molar-refractivity contribution in [1.29, 1.82) is 0 Å². The first kappa shape index (κ1) is 13.2. The lowest BCUT2D eigenvalue weighted by molar-refractivity contribution is 0.0457. The van der Waals surface area contributed by atoms with Crippen molar-refractivity contribution in [3.8, 4) is 0 Å². The van der Waals surface area contributed by atoms with E-state index in [1.165, 1.54) is 0 Å². The smallest absolute Gasteiger partial charge is 0.355 e. The van der Waals surface area contributed by atoms with Crippen molar-refractivity contribution in [2.24, 2.45) is 14.1 Å². The van der Waals surface area contributed by atoms with Gasteiger partial charge in [-0.3, -0.25) is 4.68 Å². The zero-order valence-electron chi connectivity index (χ0n) is 11.9. The summed E-state index contributed by atoms with van der Waals surface area (Å²) in [5.74, 6) is -0.413. The van der Waals surface area contributed by atoms with Gasteiger partial charge >= 0.3 is 5.97 Å². The number of rotatable bonds is 3. The molecule has 0 aliphatic carbocycles. The van der Waals surface area contributed by atoms with E-state index in [4.69, 9.17) is 10.5 Å². The summed E-state index contributed by atoms with van der Waals surface area (Å²) in [7, 11) is 3.62. The Morgan fingerprint density at radius 1 is 1.33 bits per heavy atom. The molecule has 21 heavy (non-hydrogen) atoms. The third-order valence-electron chi connectivity index (χ3n) is 3.41. The van der Waals surface area contributed by atoms with Gasteiger partial charge < -0.3 is 15.0 Å². The van der Waals surface area contributed by atoms with Gasteiger partial charge in [-0.05, 0) is 12.1 Å². The van der Waals surface area contributed by atoms with Gasteiger partial charge in [0.2, 0.25) is 0 Å². The minimum Gasteiger partial charge on any atom is -0.454 e. The van der Waals surface area contributed by atoms with Crippen LogP contribution >= 0.6 is 0 Å². The molecule has 108 valence electrons. The minimum atomic E-state index is -0.413. The van der Waals surface area contributed by atoms with Gasteiger partial charge in [-0.2, -0.15) is 5.10 Å². The fourth-order valence-electron chi connectivity index (χ4n) is 2.40. The number of aryl methyl sites for hydroxylation is 2. The minimum absolute atomic E-state index is 0.130. The number of anilines is 1. The van der Waals surface area contributed by atoms with Gasteiger partial charge in [-0.1, -0.05) is 18.2 Å². The second-order valence-corrected chi connectivity index (χ2v) is 4.93. The summed E-state index contributed by atoms with van der Waals surface area (Å²) in [5, 5.41) is 5.38. The fraction of sp³-hybridized carbons (Fsp3) is 0.200. The lowest BCUT2D eigenvalue weighted by Gasteiger charge is -2.04. The van der Waals surface area contributed by atoms with Crippen LogP contribution in [0.5, 0.6) is 0 Å². The number of hydrogen-bond acceptors (Lipinski definition) is 4. The van der Waals surface area contributed by atoms with Gasteiger partial charge in [0.1, 0.15) is 18.0 Å². The van der Waals surface area contributed by atoms with Gasteiger partial charge in [-0.15, -0.1) is 0 Å². The summed E-state index contributed by atoms with van der Waals surface area (Å²) in [5.41, 5.74) is 8.36. The molecule has 1 aromatic carbocycles. The molecule has 2 N–H and O–H groups in total. The summed E-state index contributed by atoms with van der Waals surface area (Å²) < 4.78 is 8.76. The number of hydrogen-bond donors (Lipinski definition) is 1. The summed E-state index contributed by atoms with van der Waals surface area (Å²) in [6, 6.07) is 9.43. The highest BCUT2D eigenvalue weighted by atomic mass is 16.5. The van der Waals surface area contributed by atoms with Crippen LogP contribution in [0.1, 0.15) is 16.2 Å². The average Bonchev–Trinajstić information content (AvgIpc) is 2.97. The van der Waals surface area contributed by atoms with Crippen molar-refractivity contribution in [2.45, 2.75) is 6.61 Å². The van der Waals surface area contributed by atoms with Crippen LogP contribution in [0.3, 0.4) is 0 Å². The summed E-state index contributed by atoms with van der Waals surface area (Å²) in [6.45, 7) is 0.130. The Hall–Kier alpha value is -2.76. The van der Waals surface area contributed by atoms with Gasteiger partial charge in [0.25, 0.3) is 0 Å². The van der Waals surface area contributed by atoms with Gasteiger partial charge in [0, 0.05) is 25.7 Å².